The van der Waals surface area contributed by atoms with E-state index in [1.165, 1.54) is 13.8 Å². The number of hydrogen-bond donors (Lipinski definition) is 1. The van der Waals surface area contributed by atoms with Gasteiger partial charge in [0.05, 0.1) is 0 Å². The van der Waals surface area contributed by atoms with Crippen LogP contribution < -0.4 is 0 Å². The van der Waals surface area contributed by atoms with Crippen molar-refractivity contribution >= 4 is 5.97 Å². The zero-order chi connectivity index (χ0) is 9.23. The minimum Gasteiger partial charge on any atom is -0.481 e. The SMILES string of the molecule is CC(C)C(C(=O)O)C(F)(F)F. The summed E-state index contributed by atoms with van der Waals surface area (Å²) in [6.07, 6.45) is -4.64. The van der Waals surface area contributed by atoms with Crippen LogP contribution in [-0.2, 0) is 4.79 Å². The van der Waals surface area contributed by atoms with Gasteiger partial charge in [-0.05, 0) is 5.92 Å². The summed E-state index contributed by atoms with van der Waals surface area (Å²) in [5.41, 5.74) is 0. The summed E-state index contributed by atoms with van der Waals surface area (Å²) in [7, 11) is 0. The second-order valence-corrected chi connectivity index (χ2v) is 2.60. The molecule has 0 fully saturated rings. The monoisotopic (exact) mass is 170 g/mol. The largest absolute Gasteiger partial charge is 0.481 e. The summed E-state index contributed by atoms with van der Waals surface area (Å²) < 4.78 is 35.5. The van der Waals surface area contributed by atoms with E-state index in [1.54, 1.807) is 0 Å². The average molecular weight is 170 g/mol. The van der Waals surface area contributed by atoms with Crippen molar-refractivity contribution in [1.82, 2.24) is 0 Å². The number of rotatable bonds is 2. The molecule has 0 spiro atoms. The molecule has 11 heavy (non-hydrogen) atoms. The minimum atomic E-state index is -4.64. The molecule has 0 heterocycles. The Morgan fingerprint density at radius 3 is 1.73 bits per heavy atom. The third-order valence-electron chi connectivity index (χ3n) is 1.29. The Hall–Kier alpha value is -0.740. The number of hydrogen-bond acceptors (Lipinski definition) is 1. The average Bonchev–Trinajstić information content (AvgIpc) is 1.54. The molecule has 0 aromatic heterocycles. The van der Waals surface area contributed by atoms with Crippen molar-refractivity contribution in [2.24, 2.45) is 11.8 Å². The summed E-state index contributed by atoms with van der Waals surface area (Å²) in [5.74, 6) is -4.98. The molecule has 0 aliphatic heterocycles. The van der Waals surface area contributed by atoms with Crippen LogP contribution in [0.4, 0.5) is 13.2 Å². The topological polar surface area (TPSA) is 37.3 Å². The van der Waals surface area contributed by atoms with Crippen LogP contribution in [-0.4, -0.2) is 17.3 Å². The molecule has 0 aliphatic carbocycles. The van der Waals surface area contributed by atoms with Crippen molar-refractivity contribution in [3.05, 3.63) is 0 Å². The molecule has 1 unspecified atom stereocenters. The lowest BCUT2D eigenvalue weighted by molar-refractivity contribution is -0.201. The van der Waals surface area contributed by atoms with Crippen molar-refractivity contribution in [1.29, 1.82) is 0 Å². The first-order valence-corrected chi connectivity index (χ1v) is 3.06. The van der Waals surface area contributed by atoms with Gasteiger partial charge in [0.2, 0.25) is 0 Å². The van der Waals surface area contributed by atoms with E-state index < -0.39 is 24.0 Å². The quantitative estimate of drug-likeness (QED) is 0.687. The summed E-state index contributed by atoms with van der Waals surface area (Å²) >= 11 is 0. The summed E-state index contributed by atoms with van der Waals surface area (Å²) in [5, 5.41) is 8.16. The Balaban J connectivity index is 4.49. The van der Waals surface area contributed by atoms with E-state index in [4.69, 9.17) is 5.11 Å². The van der Waals surface area contributed by atoms with Crippen LogP contribution >= 0.6 is 0 Å². The van der Waals surface area contributed by atoms with E-state index in [1.807, 2.05) is 0 Å². The molecule has 0 saturated heterocycles. The molecular weight excluding hydrogens is 161 g/mol. The molecule has 0 aromatic rings. The standard InChI is InChI=1S/C6H9F3O2/c1-3(2)4(5(10)11)6(7,8)9/h3-4H,1-2H3,(H,10,11). The molecule has 2 nitrogen and oxygen atoms in total. The van der Waals surface area contributed by atoms with E-state index in [2.05, 4.69) is 0 Å². The Bertz CT molecular complexity index is 150. The first kappa shape index (κ1) is 10.3. The fraction of sp³-hybridized carbons (Fsp3) is 0.833. The third kappa shape index (κ3) is 2.78. The Labute approximate surface area is 62.0 Å². The maximum atomic E-state index is 11.8. The smallest absolute Gasteiger partial charge is 0.402 e. The number of carbonyl (C=O) groups is 1. The van der Waals surface area contributed by atoms with E-state index >= 15 is 0 Å². The number of alkyl halides is 3. The van der Waals surface area contributed by atoms with Crippen molar-refractivity contribution in [2.45, 2.75) is 20.0 Å². The molecule has 0 saturated carbocycles. The Kier molecular flexibility index (Phi) is 2.90. The molecule has 0 rings (SSSR count). The second kappa shape index (κ2) is 3.11. The zero-order valence-electron chi connectivity index (χ0n) is 6.14. The fourth-order valence-corrected chi connectivity index (χ4v) is 0.803. The molecular formula is C6H9F3O2. The van der Waals surface area contributed by atoms with Gasteiger partial charge in [0.25, 0.3) is 0 Å². The van der Waals surface area contributed by atoms with E-state index in [-0.39, 0.29) is 0 Å². The van der Waals surface area contributed by atoms with Gasteiger partial charge in [0.1, 0.15) is 0 Å². The van der Waals surface area contributed by atoms with Crippen LogP contribution in [0.25, 0.3) is 0 Å². The summed E-state index contributed by atoms with van der Waals surface area (Å²) in [6, 6.07) is 0. The summed E-state index contributed by atoms with van der Waals surface area (Å²) in [6.45, 7) is 2.46. The van der Waals surface area contributed by atoms with Crippen LogP contribution in [0, 0.1) is 11.8 Å². The fourth-order valence-electron chi connectivity index (χ4n) is 0.803. The van der Waals surface area contributed by atoms with Gasteiger partial charge in [0, 0.05) is 0 Å². The van der Waals surface area contributed by atoms with E-state index in [0.29, 0.717) is 0 Å². The van der Waals surface area contributed by atoms with E-state index in [0.717, 1.165) is 0 Å². The predicted octanol–water partition coefficient (Wildman–Crippen LogP) is 1.91. The van der Waals surface area contributed by atoms with Gasteiger partial charge in [-0.15, -0.1) is 0 Å². The molecule has 0 radical (unpaired) electrons. The van der Waals surface area contributed by atoms with Crippen LogP contribution in [0.2, 0.25) is 0 Å². The predicted molar refractivity (Wildman–Crippen MR) is 32.0 cm³/mol. The number of carboxylic acid groups (broad SMARTS) is 1. The van der Waals surface area contributed by atoms with Gasteiger partial charge in [-0.25, -0.2) is 0 Å². The Morgan fingerprint density at radius 1 is 1.36 bits per heavy atom. The molecule has 1 N–H and O–H groups in total. The molecule has 1 atom stereocenters. The van der Waals surface area contributed by atoms with Crippen LogP contribution in [0.5, 0.6) is 0 Å². The maximum absolute atomic E-state index is 11.8. The van der Waals surface area contributed by atoms with Crippen molar-refractivity contribution in [3.63, 3.8) is 0 Å². The first-order valence-electron chi connectivity index (χ1n) is 3.06. The van der Waals surface area contributed by atoms with Gasteiger partial charge < -0.3 is 5.11 Å². The van der Waals surface area contributed by atoms with Gasteiger partial charge in [-0.3, -0.25) is 4.79 Å². The molecule has 0 aliphatic rings. The normalized spacial score (nSPS) is 15.1. The van der Waals surface area contributed by atoms with E-state index in [9.17, 15) is 18.0 Å². The molecule has 5 heteroatoms. The molecule has 0 amide bonds. The van der Waals surface area contributed by atoms with Gasteiger partial charge in [-0.1, -0.05) is 13.8 Å². The van der Waals surface area contributed by atoms with Gasteiger partial charge in [-0.2, -0.15) is 13.2 Å². The van der Waals surface area contributed by atoms with Crippen molar-refractivity contribution < 1.29 is 23.1 Å². The van der Waals surface area contributed by atoms with Crippen molar-refractivity contribution in [3.8, 4) is 0 Å². The lowest BCUT2D eigenvalue weighted by atomic mass is 9.96. The maximum Gasteiger partial charge on any atom is 0.402 e. The second-order valence-electron chi connectivity index (χ2n) is 2.60. The van der Waals surface area contributed by atoms with Gasteiger partial charge >= 0.3 is 12.1 Å². The van der Waals surface area contributed by atoms with Crippen LogP contribution in [0.3, 0.4) is 0 Å². The number of aliphatic carboxylic acids is 1. The Morgan fingerprint density at radius 2 is 1.73 bits per heavy atom. The highest BCUT2D eigenvalue weighted by Gasteiger charge is 2.46. The minimum absolute atomic E-state index is 0.924. The van der Waals surface area contributed by atoms with Crippen LogP contribution in [0.1, 0.15) is 13.8 Å². The molecule has 0 bridgehead atoms. The highest BCUT2D eigenvalue weighted by atomic mass is 19.4. The zero-order valence-corrected chi connectivity index (χ0v) is 6.14. The molecule has 0 aromatic carbocycles. The first-order chi connectivity index (χ1) is 4.76. The number of halogens is 3. The highest BCUT2D eigenvalue weighted by molar-refractivity contribution is 5.71. The third-order valence-corrected chi connectivity index (χ3v) is 1.29. The van der Waals surface area contributed by atoms with Crippen LogP contribution in [0.15, 0.2) is 0 Å². The van der Waals surface area contributed by atoms with Gasteiger partial charge in [0.15, 0.2) is 5.92 Å². The lowest BCUT2D eigenvalue weighted by Crippen LogP contribution is -2.34. The lowest BCUT2D eigenvalue weighted by Gasteiger charge is -2.18. The summed E-state index contributed by atoms with van der Waals surface area (Å²) in [4.78, 5) is 10.1. The number of carboxylic acids is 1. The van der Waals surface area contributed by atoms with Crippen molar-refractivity contribution in [2.75, 3.05) is 0 Å². The highest BCUT2D eigenvalue weighted by Crippen LogP contribution is 2.31. The molecule has 66 valence electrons.